The van der Waals surface area contributed by atoms with Gasteiger partial charge in [-0.3, -0.25) is 9.89 Å². The van der Waals surface area contributed by atoms with Gasteiger partial charge >= 0.3 is 0 Å². The molecule has 2 fully saturated rings. The molecule has 1 saturated heterocycles. The molecule has 0 atom stereocenters. The van der Waals surface area contributed by atoms with Crippen LogP contribution in [-0.4, -0.2) is 86.4 Å². The topological polar surface area (TPSA) is 77.9 Å². The van der Waals surface area contributed by atoms with Gasteiger partial charge in [0.25, 0.3) is 0 Å². The third-order valence-corrected chi connectivity index (χ3v) is 5.67. The maximum atomic E-state index is 5.98. The number of anilines is 1. The van der Waals surface area contributed by atoms with E-state index in [0.717, 1.165) is 70.7 Å². The van der Waals surface area contributed by atoms with Crippen LogP contribution in [0, 0.1) is 0 Å². The summed E-state index contributed by atoms with van der Waals surface area (Å²) in [5.41, 5.74) is 0. The largest absolute Gasteiger partial charge is 0.378 e. The molecule has 1 saturated carbocycles. The lowest BCUT2D eigenvalue weighted by atomic mass is 9.98. The molecular formula is C21H37N7O. The van der Waals surface area contributed by atoms with E-state index in [-0.39, 0.29) is 0 Å². The molecule has 8 heteroatoms. The van der Waals surface area contributed by atoms with Crippen LogP contribution in [-0.2, 0) is 4.74 Å². The predicted octanol–water partition coefficient (Wildman–Crippen LogP) is 1.50. The molecule has 0 radical (unpaired) electrons. The minimum absolute atomic E-state index is 0.495. The Bertz CT molecular complexity index is 584. The number of piperazine rings is 1. The summed E-state index contributed by atoms with van der Waals surface area (Å²) >= 11 is 0. The van der Waals surface area contributed by atoms with Crippen molar-refractivity contribution in [3.8, 4) is 0 Å². The van der Waals surface area contributed by atoms with Crippen LogP contribution in [0.1, 0.15) is 38.5 Å². The van der Waals surface area contributed by atoms with Crippen molar-refractivity contribution in [3.63, 3.8) is 0 Å². The van der Waals surface area contributed by atoms with Gasteiger partial charge in [-0.1, -0.05) is 19.3 Å². The summed E-state index contributed by atoms with van der Waals surface area (Å²) in [6.07, 6.45) is 11.6. The first kappa shape index (κ1) is 21.8. The quantitative estimate of drug-likeness (QED) is 0.368. The second-order valence-corrected chi connectivity index (χ2v) is 7.79. The Labute approximate surface area is 175 Å². The third kappa shape index (κ3) is 7.78. The molecule has 1 aliphatic carbocycles. The van der Waals surface area contributed by atoms with E-state index in [1.54, 1.807) is 12.4 Å². The second-order valence-electron chi connectivity index (χ2n) is 7.79. The maximum absolute atomic E-state index is 5.98. The van der Waals surface area contributed by atoms with E-state index in [1.807, 2.05) is 13.1 Å². The van der Waals surface area contributed by atoms with Gasteiger partial charge in [0.15, 0.2) is 5.96 Å². The fourth-order valence-electron chi connectivity index (χ4n) is 3.94. The van der Waals surface area contributed by atoms with E-state index in [9.17, 15) is 0 Å². The van der Waals surface area contributed by atoms with Crippen molar-refractivity contribution in [2.24, 2.45) is 4.99 Å². The number of hydrogen-bond acceptors (Lipinski definition) is 6. The highest BCUT2D eigenvalue weighted by atomic mass is 16.5. The third-order valence-electron chi connectivity index (χ3n) is 5.67. The Morgan fingerprint density at radius 2 is 1.79 bits per heavy atom. The normalized spacial score (nSPS) is 19.3. The molecule has 3 rings (SSSR count). The molecule has 1 aromatic heterocycles. The zero-order chi connectivity index (χ0) is 20.2. The van der Waals surface area contributed by atoms with Crippen LogP contribution in [0.15, 0.2) is 23.5 Å². The summed E-state index contributed by atoms with van der Waals surface area (Å²) in [6.45, 7) is 7.63. The number of nitrogens with zero attached hydrogens (tertiary/aromatic N) is 5. The van der Waals surface area contributed by atoms with E-state index in [0.29, 0.717) is 6.10 Å². The van der Waals surface area contributed by atoms with Crippen LogP contribution < -0.4 is 15.5 Å². The zero-order valence-corrected chi connectivity index (χ0v) is 17.9. The fourth-order valence-corrected chi connectivity index (χ4v) is 3.94. The van der Waals surface area contributed by atoms with Gasteiger partial charge in [-0.2, -0.15) is 0 Å². The number of aliphatic imine (C=N–C) groups is 1. The molecule has 1 aromatic rings. The smallest absolute Gasteiger partial charge is 0.225 e. The summed E-state index contributed by atoms with van der Waals surface area (Å²) < 4.78 is 5.98. The van der Waals surface area contributed by atoms with Gasteiger partial charge in [0.05, 0.1) is 6.10 Å². The lowest BCUT2D eigenvalue weighted by Crippen LogP contribution is -2.49. The molecule has 0 amide bonds. The second kappa shape index (κ2) is 12.6. The van der Waals surface area contributed by atoms with E-state index < -0.39 is 0 Å². The number of nitrogens with one attached hydrogen (secondary N) is 2. The molecule has 2 heterocycles. The lowest BCUT2D eigenvalue weighted by molar-refractivity contribution is 0.0277. The van der Waals surface area contributed by atoms with Crippen molar-refractivity contribution in [2.45, 2.75) is 44.6 Å². The Balaban J connectivity index is 1.22. The fraction of sp³-hybridized carbons (Fsp3) is 0.762. The van der Waals surface area contributed by atoms with Gasteiger partial charge in [-0.25, -0.2) is 9.97 Å². The number of hydrogen-bond donors (Lipinski definition) is 2. The van der Waals surface area contributed by atoms with Gasteiger partial charge in [0.2, 0.25) is 5.95 Å². The molecule has 162 valence electrons. The summed E-state index contributed by atoms with van der Waals surface area (Å²) in [5.74, 6) is 1.71. The zero-order valence-electron chi connectivity index (χ0n) is 17.9. The monoisotopic (exact) mass is 403 g/mol. The number of aromatic nitrogens is 2. The van der Waals surface area contributed by atoms with Gasteiger partial charge < -0.3 is 20.3 Å². The van der Waals surface area contributed by atoms with Crippen LogP contribution >= 0.6 is 0 Å². The van der Waals surface area contributed by atoms with E-state index in [2.05, 4.69) is 35.4 Å². The van der Waals surface area contributed by atoms with Gasteiger partial charge in [-0.05, 0) is 25.3 Å². The minimum atomic E-state index is 0.495. The predicted molar refractivity (Wildman–Crippen MR) is 117 cm³/mol. The average molecular weight is 404 g/mol. The van der Waals surface area contributed by atoms with Gasteiger partial charge in [0.1, 0.15) is 0 Å². The summed E-state index contributed by atoms with van der Waals surface area (Å²) in [6, 6.07) is 1.86. The highest BCUT2D eigenvalue weighted by Crippen LogP contribution is 2.20. The summed E-state index contributed by atoms with van der Waals surface area (Å²) in [5, 5.41) is 6.81. The standard InChI is InChI=1S/C21H37N7O/c1-22-20(23-11-6-18-29-19-7-3-2-4-8-19)24-12-13-27-14-16-28(17-15-27)21-25-9-5-10-26-21/h5,9-10,19H,2-4,6-8,11-18H2,1H3,(H2,22,23,24). The van der Waals surface area contributed by atoms with Crippen molar-refractivity contribution >= 4 is 11.9 Å². The number of guanidine groups is 1. The molecule has 2 N–H and O–H groups in total. The van der Waals surface area contributed by atoms with Crippen molar-refractivity contribution in [1.29, 1.82) is 0 Å². The lowest BCUT2D eigenvalue weighted by Gasteiger charge is -2.34. The van der Waals surface area contributed by atoms with Crippen molar-refractivity contribution in [3.05, 3.63) is 18.5 Å². The Hall–Kier alpha value is -1.93. The summed E-state index contributed by atoms with van der Waals surface area (Å²) in [7, 11) is 1.83. The highest BCUT2D eigenvalue weighted by Gasteiger charge is 2.18. The molecule has 8 nitrogen and oxygen atoms in total. The van der Waals surface area contributed by atoms with Crippen molar-refractivity contribution in [1.82, 2.24) is 25.5 Å². The number of ether oxygens (including phenoxy) is 1. The molecule has 0 aromatic carbocycles. The first-order valence-electron chi connectivity index (χ1n) is 11.2. The Kier molecular flexibility index (Phi) is 9.45. The van der Waals surface area contributed by atoms with Crippen molar-refractivity contribution < 1.29 is 4.74 Å². The SMILES string of the molecule is CN=C(NCCCOC1CCCCC1)NCCN1CCN(c2ncccn2)CC1. The Morgan fingerprint density at radius 1 is 1.07 bits per heavy atom. The van der Waals surface area contributed by atoms with E-state index in [1.165, 1.54) is 32.1 Å². The molecule has 29 heavy (non-hydrogen) atoms. The van der Waals surface area contributed by atoms with Gasteiger partial charge in [0, 0.05) is 71.9 Å². The van der Waals surface area contributed by atoms with Crippen LogP contribution in [0.3, 0.4) is 0 Å². The van der Waals surface area contributed by atoms with Crippen LogP contribution in [0.2, 0.25) is 0 Å². The minimum Gasteiger partial charge on any atom is -0.378 e. The number of rotatable bonds is 9. The van der Waals surface area contributed by atoms with E-state index in [4.69, 9.17) is 4.74 Å². The molecule has 2 aliphatic rings. The molecular weight excluding hydrogens is 366 g/mol. The van der Waals surface area contributed by atoms with Crippen LogP contribution in [0.4, 0.5) is 5.95 Å². The molecule has 1 aliphatic heterocycles. The molecule has 0 bridgehead atoms. The molecule has 0 spiro atoms. The summed E-state index contributed by atoms with van der Waals surface area (Å²) in [4.78, 5) is 17.7. The van der Waals surface area contributed by atoms with Gasteiger partial charge in [-0.15, -0.1) is 0 Å². The van der Waals surface area contributed by atoms with E-state index >= 15 is 0 Å². The van der Waals surface area contributed by atoms with Crippen molar-refractivity contribution in [2.75, 3.05) is 64.4 Å². The highest BCUT2D eigenvalue weighted by molar-refractivity contribution is 5.79. The average Bonchev–Trinajstić information content (AvgIpc) is 2.79. The first-order chi connectivity index (χ1) is 14.3. The maximum Gasteiger partial charge on any atom is 0.225 e. The van der Waals surface area contributed by atoms with Crippen LogP contribution in [0.5, 0.6) is 0 Å². The Morgan fingerprint density at radius 3 is 2.52 bits per heavy atom. The first-order valence-corrected chi connectivity index (χ1v) is 11.2. The van der Waals surface area contributed by atoms with Crippen LogP contribution in [0.25, 0.3) is 0 Å². The molecule has 0 unspecified atom stereocenters.